The summed E-state index contributed by atoms with van der Waals surface area (Å²) in [6, 6.07) is 21.6. The van der Waals surface area contributed by atoms with E-state index in [0.717, 1.165) is 17.3 Å². The highest BCUT2D eigenvalue weighted by Crippen LogP contribution is 2.46. The molecule has 1 saturated heterocycles. The summed E-state index contributed by atoms with van der Waals surface area (Å²) in [5.74, 6) is -1.65. The average molecular weight is 518 g/mol. The van der Waals surface area contributed by atoms with Crippen LogP contribution in [0.15, 0.2) is 83.8 Å². The number of benzene rings is 3. The number of carbonyl (C=O) groups is 3. The maximum Gasteiger partial charge on any atom is 0.267 e. The monoisotopic (exact) mass is 517 g/mol. The fourth-order valence-electron chi connectivity index (χ4n) is 4.28. The number of halogens is 1. The Morgan fingerprint density at radius 1 is 0.972 bits per heavy atom. The van der Waals surface area contributed by atoms with Crippen LogP contribution in [0.4, 0.5) is 15.8 Å². The quantitative estimate of drug-likeness (QED) is 0.375. The van der Waals surface area contributed by atoms with E-state index in [1.54, 1.807) is 24.3 Å². The van der Waals surface area contributed by atoms with Crippen molar-refractivity contribution >= 4 is 63.0 Å². The first kappa shape index (κ1) is 23.9. The van der Waals surface area contributed by atoms with Gasteiger partial charge in [-0.25, -0.2) is 4.39 Å². The zero-order valence-electron chi connectivity index (χ0n) is 19.1. The average Bonchev–Trinajstić information content (AvgIpc) is 3.32. The molecule has 0 spiro atoms. The Labute approximate surface area is 216 Å². The van der Waals surface area contributed by atoms with Gasteiger partial charge in [0.05, 0.1) is 22.2 Å². The third kappa shape index (κ3) is 4.31. The number of anilines is 2. The van der Waals surface area contributed by atoms with Crippen molar-refractivity contribution in [2.45, 2.75) is 13.0 Å². The summed E-state index contributed by atoms with van der Waals surface area (Å²) in [5, 5.41) is 2.67. The molecular formula is C27H20FN3O3S2. The van der Waals surface area contributed by atoms with E-state index in [0.29, 0.717) is 21.3 Å². The van der Waals surface area contributed by atoms with Crippen LogP contribution < -0.4 is 10.2 Å². The van der Waals surface area contributed by atoms with Crippen molar-refractivity contribution < 1.29 is 18.8 Å². The van der Waals surface area contributed by atoms with Crippen molar-refractivity contribution in [2.75, 3.05) is 16.8 Å². The lowest BCUT2D eigenvalue weighted by molar-refractivity contribution is -0.123. The van der Waals surface area contributed by atoms with Crippen LogP contribution in [0.2, 0.25) is 0 Å². The van der Waals surface area contributed by atoms with E-state index in [-0.39, 0.29) is 29.0 Å². The first-order valence-corrected chi connectivity index (χ1v) is 12.4. The number of hydrogen-bond acceptors (Lipinski definition) is 5. The van der Waals surface area contributed by atoms with Crippen LogP contribution in [-0.2, 0) is 14.4 Å². The SMILES string of the molecule is CC(c1ccccc1)N1C(=O)/C(=C2/C(=O)N(CC(=O)Nc3ccc(F)cc3)c3ccccc32)SC1=S. The Kier molecular flexibility index (Phi) is 6.42. The normalized spacial score (nSPS) is 18.0. The number of hydrogen-bond donors (Lipinski definition) is 1. The zero-order valence-corrected chi connectivity index (χ0v) is 20.7. The number of carbonyl (C=O) groups excluding carboxylic acids is 3. The maximum atomic E-state index is 13.6. The second-order valence-electron chi connectivity index (χ2n) is 8.30. The molecule has 5 rings (SSSR count). The van der Waals surface area contributed by atoms with Crippen molar-refractivity contribution in [3.63, 3.8) is 0 Å². The minimum absolute atomic E-state index is 0.236. The number of thiocarbonyl (C=S) groups is 1. The topological polar surface area (TPSA) is 69.7 Å². The summed E-state index contributed by atoms with van der Waals surface area (Å²) < 4.78 is 13.6. The molecule has 3 amide bonds. The minimum Gasteiger partial charge on any atom is -0.325 e. The third-order valence-electron chi connectivity index (χ3n) is 6.05. The van der Waals surface area contributed by atoms with Gasteiger partial charge in [-0.15, -0.1) is 0 Å². The van der Waals surface area contributed by atoms with E-state index in [9.17, 15) is 18.8 Å². The number of amides is 3. The van der Waals surface area contributed by atoms with E-state index in [1.165, 1.54) is 34.1 Å². The molecular weight excluding hydrogens is 497 g/mol. The summed E-state index contributed by atoms with van der Waals surface area (Å²) in [5.41, 5.74) is 2.69. The molecule has 3 aromatic carbocycles. The number of para-hydroxylation sites is 1. The molecule has 36 heavy (non-hydrogen) atoms. The molecule has 3 aromatic rings. The summed E-state index contributed by atoms with van der Waals surface area (Å²) in [7, 11) is 0. The van der Waals surface area contributed by atoms with Gasteiger partial charge in [-0.2, -0.15) is 0 Å². The molecule has 0 saturated carbocycles. The fourth-order valence-corrected chi connectivity index (χ4v) is 5.77. The van der Waals surface area contributed by atoms with Crippen LogP contribution in [-0.4, -0.2) is 33.5 Å². The number of rotatable bonds is 5. The second kappa shape index (κ2) is 9.67. The highest BCUT2D eigenvalue weighted by atomic mass is 32.2. The zero-order chi connectivity index (χ0) is 25.4. The van der Waals surface area contributed by atoms with Gasteiger partial charge in [0.1, 0.15) is 16.7 Å². The molecule has 2 aliphatic rings. The lowest BCUT2D eigenvalue weighted by Crippen LogP contribution is -2.35. The molecule has 0 radical (unpaired) electrons. The molecule has 0 bridgehead atoms. The highest BCUT2D eigenvalue weighted by Gasteiger charge is 2.43. The smallest absolute Gasteiger partial charge is 0.267 e. The predicted octanol–water partition coefficient (Wildman–Crippen LogP) is 5.14. The van der Waals surface area contributed by atoms with Crippen molar-refractivity contribution in [1.82, 2.24) is 4.90 Å². The highest BCUT2D eigenvalue weighted by molar-refractivity contribution is 8.26. The van der Waals surface area contributed by atoms with Crippen molar-refractivity contribution in [2.24, 2.45) is 0 Å². The molecule has 1 atom stereocenters. The molecule has 180 valence electrons. The Balaban J connectivity index is 1.45. The van der Waals surface area contributed by atoms with Crippen molar-refractivity contribution in [3.8, 4) is 0 Å². The Morgan fingerprint density at radius 3 is 2.36 bits per heavy atom. The van der Waals surface area contributed by atoms with Gasteiger partial charge in [0, 0.05) is 11.3 Å². The molecule has 0 aliphatic carbocycles. The van der Waals surface area contributed by atoms with Crippen molar-refractivity contribution in [1.29, 1.82) is 0 Å². The summed E-state index contributed by atoms with van der Waals surface area (Å²) in [4.78, 5) is 43.0. The van der Waals surface area contributed by atoms with Gasteiger partial charge in [-0.05, 0) is 42.8 Å². The molecule has 1 N–H and O–H groups in total. The lowest BCUT2D eigenvalue weighted by atomic mass is 10.1. The van der Waals surface area contributed by atoms with Crippen molar-refractivity contribution in [3.05, 3.63) is 101 Å². The van der Waals surface area contributed by atoms with Crippen LogP contribution in [0.1, 0.15) is 24.1 Å². The number of nitrogens with zero attached hydrogens (tertiary/aromatic N) is 2. The minimum atomic E-state index is -0.448. The van der Waals surface area contributed by atoms with E-state index in [2.05, 4.69) is 5.32 Å². The van der Waals surface area contributed by atoms with Gasteiger partial charge in [-0.1, -0.05) is 72.5 Å². The molecule has 1 fully saturated rings. The van der Waals surface area contributed by atoms with E-state index in [1.807, 2.05) is 37.3 Å². The van der Waals surface area contributed by atoms with Crippen LogP contribution in [0.3, 0.4) is 0 Å². The van der Waals surface area contributed by atoms with Gasteiger partial charge in [0.2, 0.25) is 5.91 Å². The van der Waals surface area contributed by atoms with Crippen LogP contribution >= 0.6 is 24.0 Å². The molecule has 1 unspecified atom stereocenters. The Hall–Kier alpha value is -3.82. The first-order valence-electron chi connectivity index (χ1n) is 11.2. The predicted molar refractivity (Wildman–Crippen MR) is 143 cm³/mol. The Morgan fingerprint density at radius 2 is 1.64 bits per heavy atom. The molecule has 6 nitrogen and oxygen atoms in total. The van der Waals surface area contributed by atoms with Gasteiger partial charge in [-0.3, -0.25) is 24.2 Å². The lowest BCUT2D eigenvalue weighted by Gasteiger charge is -2.23. The first-order chi connectivity index (χ1) is 17.3. The van der Waals surface area contributed by atoms with Crippen LogP contribution in [0, 0.1) is 5.82 Å². The van der Waals surface area contributed by atoms with E-state index >= 15 is 0 Å². The molecule has 0 aromatic heterocycles. The van der Waals surface area contributed by atoms with E-state index in [4.69, 9.17) is 12.2 Å². The summed E-state index contributed by atoms with van der Waals surface area (Å²) in [6.45, 7) is 1.63. The van der Waals surface area contributed by atoms with Crippen LogP contribution in [0.25, 0.3) is 5.57 Å². The number of nitrogens with one attached hydrogen (secondary N) is 1. The molecule has 2 aliphatic heterocycles. The molecule has 9 heteroatoms. The Bertz CT molecular complexity index is 1420. The summed E-state index contributed by atoms with van der Waals surface area (Å²) >= 11 is 6.64. The fraction of sp³-hybridized carbons (Fsp3) is 0.111. The van der Waals surface area contributed by atoms with Crippen LogP contribution in [0.5, 0.6) is 0 Å². The summed E-state index contributed by atoms with van der Waals surface area (Å²) in [6.07, 6.45) is 0. The largest absolute Gasteiger partial charge is 0.325 e. The van der Waals surface area contributed by atoms with Gasteiger partial charge >= 0.3 is 0 Å². The standard InChI is InChI=1S/C27H20FN3O3S2/c1-16(17-7-3-2-4-8-17)31-26(34)24(36-27(31)35)23-20-9-5-6-10-21(20)30(25(23)33)15-22(32)29-19-13-11-18(28)12-14-19/h2-14,16H,15H2,1H3,(H,29,32)/b24-23-. The second-order valence-corrected chi connectivity index (χ2v) is 9.94. The molecule has 2 heterocycles. The van der Waals surface area contributed by atoms with Gasteiger partial charge < -0.3 is 5.32 Å². The van der Waals surface area contributed by atoms with E-state index < -0.39 is 17.6 Å². The number of fused-ring (bicyclic) bond motifs is 1. The maximum absolute atomic E-state index is 13.6. The number of thioether (sulfide) groups is 1. The van der Waals surface area contributed by atoms with Gasteiger partial charge in [0.15, 0.2) is 0 Å². The van der Waals surface area contributed by atoms with Gasteiger partial charge in [0.25, 0.3) is 11.8 Å². The third-order valence-corrected chi connectivity index (χ3v) is 7.45.